The van der Waals surface area contributed by atoms with E-state index in [4.69, 9.17) is 5.11 Å². The molecule has 0 saturated carbocycles. The van der Waals surface area contributed by atoms with Crippen molar-refractivity contribution in [1.82, 2.24) is 10.3 Å². The predicted molar refractivity (Wildman–Crippen MR) is 99.1 cm³/mol. The van der Waals surface area contributed by atoms with Crippen LogP contribution in [0.15, 0.2) is 35.8 Å². The highest BCUT2D eigenvalue weighted by atomic mass is 32.1. The summed E-state index contributed by atoms with van der Waals surface area (Å²) in [5.41, 5.74) is 3.30. The molecule has 2 aromatic rings. The third kappa shape index (κ3) is 5.67. The van der Waals surface area contributed by atoms with Crippen molar-refractivity contribution < 1.29 is 14.7 Å². The molecule has 1 unspecified atom stereocenters. The van der Waals surface area contributed by atoms with Crippen LogP contribution in [0, 0.1) is 0 Å². The van der Waals surface area contributed by atoms with Crippen molar-refractivity contribution in [3.05, 3.63) is 52.0 Å². The molecule has 0 saturated heterocycles. The molecule has 25 heavy (non-hydrogen) atoms. The Bertz CT molecular complexity index is 720. The fourth-order valence-electron chi connectivity index (χ4n) is 2.61. The van der Waals surface area contributed by atoms with Gasteiger partial charge in [-0.2, -0.15) is 0 Å². The maximum atomic E-state index is 12.7. The standard InChI is InChI=1S/C19H24N2O3S/c1-19(2,3)17-16(25-12-20-17)18(24)21-14(9-10-15(22)23)11-13-7-5-4-6-8-13/h4-8,12,14H,9-11H2,1-3H3,(H,21,24)(H,22,23). The monoisotopic (exact) mass is 360 g/mol. The first-order valence-electron chi connectivity index (χ1n) is 8.28. The van der Waals surface area contributed by atoms with Crippen molar-refractivity contribution in [3.8, 4) is 0 Å². The Hall–Kier alpha value is -2.21. The second-order valence-corrected chi connectivity index (χ2v) is 7.93. The van der Waals surface area contributed by atoms with E-state index in [1.807, 2.05) is 51.1 Å². The van der Waals surface area contributed by atoms with E-state index >= 15 is 0 Å². The van der Waals surface area contributed by atoms with Gasteiger partial charge in [0.1, 0.15) is 4.88 Å². The number of carbonyl (C=O) groups excluding carboxylic acids is 1. The van der Waals surface area contributed by atoms with Crippen LogP contribution in [-0.2, 0) is 16.6 Å². The van der Waals surface area contributed by atoms with Crippen LogP contribution in [-0.4, -0.2) is 28.0 Å². The van der Waals surface area contributed by atoms with Gasteiger partial charge in [-0.05, 0) is 18.4 Å². The summed E-state index contributed by atoms with van der Waals surface area (Å²) in [6.07, 6.45) is 1.01. The normalized spacial score (nSPS) is 12.6. The highest BCUT2D eigenvalue weighted by Crippen LogP contribution is 2.27. The number of hydrogen-bond acceptors (Lipinski definition) is 4. The van der Waals surface area contributed by atoms with E-state index in [2.05, 4.69) is 10.3 Å². The maximum absolute atomic E-state index is 12.7. The fourth-order valence-corrected chi connectivity index (χ4v) is 3.51. The van der Waals surface area contributed by atoms with E-state index in [1.54, 1.807) is 5.51 Å². The first kappa shape index (κ1) is 19.1. The Kier molecular flexibility index (Phi) is 6.31. The van der Waals surface area contributed by atoms with Gasteiger partial charge < -0.3 is 10.4 Å². The van der Waals surface area contributed by atoms with Crippen LogP contribution in [0.25, 0.3) is 0 Å². The first-order chi connectivity index (χ1) is 11.8. The van der Waals surface area contributed by atoms with Gasteiger partial charge in [-0.25, -0.2) is 4.98 Å². The lowest BCUT2D eigenvalue weighted by atomic mass is 9.91. The zero-order valence-corrected chi connectivity index (χ0v) is 15.6. The Balaban J connectivity index is 2.14. The lowest BCUT2D eigenvalue weighted by molar-refractivity contribution is -0.137. The van der Waals surface area contributed by atoms with E-state index < -0.39 is 5.97 Å². The molecule has 0 bridgehead atoms. The van der Waals surface area contributed by atoms with E-state index in [9.17, 15) is 9.59 Å². The molecular weight excluding hydrogens is 336 g/mol. The number of carboxylic acids is 1. The van der Waals surface area contributed by atoms with Gasteiger partial charge in [0.2, 0.25) is 0 Å². The van der Waals surface area contributed by atoms with Gasteiger partial charge in [-0.3, -0.25) is 9.59 Å². The molecule has 2 N–H and O–H groups in total. The van der Waals surface area contributed by atoms with Crippen molar-refractivity contribution in [2.45, 2.75) is 51.5 Å². The molecule has 0 aliphatic heterocycles. The highest BCUT2D eigenvalue weighted by Gasteiger charge is 2.26. The highest BCUT2D eigenvalue weighted by molar-refractivity contribution is 7.11. The molecule has 0 aliphatic carbocycles. The van der Waals surface area contributed by atoms with Crippen LogP contribution in [0.5, 0.6) is 0 Å². The van der Waals surface area contributed by atoms with E-state index in [-0.39, 0.29) is 23.8 Å². The summed E-state index contributed by atoms with van der Waals surface area (Å²) in [7, 11) is 0. The second kappa shape index (κ2) is 8.25. The van der Waals surface area contributed by atoms with Gasteiger partial charge in [0.05, 0.1) is 11.2 Å². The molecule has 1 amide bonds. The number of hydrogen-bond donors (Lipinski definition) is 2. The van der Waals surface area contributed by atoms with Gasteiger partial charge in [-0.1, -0.05) is 51.1 Å². The van der Waals surface area contributed by atoms with E-state index in [1.165, 1.54) is 11.3 Å². The lowest BCUT2D eigenvalue weighted by Gasteiger charge is -2.21. The van der Waals surface area contributed by atoms with Gasteiger partial charge in [0.15, 0.2) is 0 Å². The number of aliphatic carboxylic acids is 1. The summed E-state index contributed by atoms with van der Waals surface area (Å²) >= 11 is 1.32. The number of thiazole rings is 1. The maximum Gasteiger partial charge on any atom is 0.303 e. The minimum atomic E-state index is -0.861. The van der Waals surface area contributed by atoms with Crippen molar-refractivity contribution >= 4 is 23.2 Å². The molecule has 1 atom stereocenters. The lowest BCUT2D eigenvalue weighted by Crippen LogP contribution is -2.37. The van der Waals surface area contributed by atoms with Gasteiger partial charge in [0.25, 0.3) is 5.91 Å². The van der Waals surface area contributed by atoms with Crippen LogP contribution >= 0.6 is 11.3 Å². The summed E-state index contributed by atoms with van der Waals surface area (Å²) in [6, 6.07) is 9.53. The number of carboxylic acid groups (broad SMARTS) is 1. The molecule has 6 heteroatoms. The Morgan fingerprint density at radius 1 is 1.24 bits per heavy atom. The third-order valence-electron chi connectivity index (χ3n) is 3.85. The molecule has 0 radical (unpaired) electrons. The molecule has 1 aromatic heterocycles. The molecule has 1 heterocycles. The number of nitrogens with one attached hydrogen (secondary N) is 1. The van der Waals surface area contributed by atoms with Crippen molar-refractivity contribution in [2.75, 3.05) is 0 Å². The minimum Gasteiger partial charge on any atom is -0.481 e. The summed E-state index contributed by atoms with van der Waals surface area (Å²) in [4.78, 5) is 28.6. The molecular formula is C19H24N2O3S. The van der Waals surface area contributed by atoms with Gasteiger partial charge in [-0.15, -0.1) is 11.3 Å². The van der Waals surface area contributed by atoms with Crippen LogP contribution in [0.3, 0.4) is 0 Å². The smallest absolute Gasteiger partial charge is 0.303 e. The van der Waals surface area contributed by atoms with Crippen LogP contribution < -0.4 is 5.32 Å². The number of aromatic nitrogens is 1. The molecule has 2 rings (SSSR count). The van der Waals surface area contributed by atoms with Crippen LogP contribution in [0.1, 0.15) is 54.5 Å². The summed E-state index contributed by atoms with van der Waals surface area (Å²) < 4.78 is 0. The average Bonchev–Trinajstić information content (AvgIpc) is 3.03. The second-order valence-electron chi connectivity index (χ2n) is 7.07. The fraction of sp³-hybridized carbons (Fsp3) is 0.421. The predicted octanol–water partition coefficient (Wildman–Crippen LogP) is 3.65. The first-order valence-corrected chi connectivity index (χ1v) is 9.16. The molecule has 1 aromatic carbocycles. The number of amides is 1. The number of carbonyl (C=O) groups is 2. The van der Waals surface area contributed by atoms with Crippen molar-refractivity contribution in [2.24, 2.45) is 0 Å². The molecule has 0 spiro atoms. The molecule has 0 aliphatic rings. The van der Waals surface area contributed by atoms with Crippen molar-refractivity contribution in [3.63, 3.8) is 0 Å². The largest absolute Gasteiger partial charge is 0.481 e. The molecule has 134 valence electrons. The topological polar surface area (TPSA) is 79.3 Å². The Labute approximate surface area is 152 Å². The molecule has 0 fully saturated rings. The number of nitrogens with zero attached hydrogens (tertiary/aromatic N) is 1. The Morgan fingerprint density at radius 3 is 2.52 bits per heavy atom. The van der Waals surface area contributed by atoms with Crippen LogP contribution in [0.2, 0.25) is 0 Å². The van der Waals surface area contributed by atoms with Gasteiger partial charge in [0, 0.05) is 17.9 Å². The summed E-state index contributed by atoms with van der Waals surface area (Å²) in [5.74, 6) is -1.04. The summed E-state index contributed by atoms with van der Waals surface area (Å²) in [5, 5.41) is 12.0. The SMILES string of the molecule is CC(C)(C)c1ncsc1C(=O)NC(CCC(=O)O)Cc1ccccc1. The number of rotatable bonds is 7. The zero-order valence-electron chi connectivity index (χ0n) is 14.8. The summed E-state index contributed by atoms with van der Waals surface area (Å²) in [6.45, 7) is 6.06. The van der Waals surface area contributed by atoms with Crippen LogP contribution in [0.4, 0.5) is 0 Å². The van der Waals surface area contributed by atoms with Crippen molar-refractivity contribution in [1.29, 1.82) is 0 Å². The zero-order chi connectivity index (χ0) is 18.4. The average molecular weight is 360 g/mol. The third-order valence-corrected chi connectivity index (χ3v) is 4.68. The minimum absolute atomic E-state index is 0.0204. The quantitative estimate of drug-likeness (QED) is 0.790. The van der Waals surface area contributed by atoms with E-state index in [0.29, 0.717) is 17.7 Å². The van der Waals surface area contributed by atoms with E-state index in [0.717, 1.165) is 11.3 Å². The van der Waals surface area contributed by atoms with Gasteiger partial charge >= 0.3 is 5.97 Å². The molecule has 5 nitrogen and oxygen atoms in total. The number of benzene rings is 1. The Morgan fingerprint density at radius 2 is 1.92 bits per heavy atom.